The molecule has 1 amide bonds. The number of halogens is 6. The van der Waals surface area contributed by atoms with Gasteiger partial charge in [0.05, 0.1) is 30.4 Å². The van der Waals surface area contributed by atoms with E-state index in [1.807, 2.05) is 32.0 Å². The number of alkyl halides is 6. The van der Waals surface area contributed by atoms with E-state index in [0.29, 0.717) is 31.4 Å². The molecular weight excluding hydrogens is 548 g/mol. The number of carbonyl (C=O) groups excluding carboxylic acids is 1. The first-order valence-electron chi connectivity index (χ1n) is 12.4. The van der Waals surface area contributed by atoms with E-state index < -0.39 is 51.3 Å². The molecule has 216 valence electrons. The van der Waals surface area contributed by atoms with Crippen molar-refractivity contribution < 1.29 is 43.7 Å². The van der Waals surface area contributed by atoms with Gasteiger partial charge in [0.15, 0.2) is 0 Å². The average molecular weight is 580 g/mol. The Balaban J connectivity index is 1.96. The summed E-state index contributed by atoms with van der Waals surface area (Å²) in [5.74, 6) is -0.610. The van der Waals surface area contributed by atoms with Gasteiger partial charge in [0.2, 0.25) is 5.91 Å². The second-order valence-electron chi connectivity index (χ2n) is 10.2. The Morgan fingerprint density at radius 1 is 0.949 bits per heavy atom. The first kappa shape index (κ1) is 30.9. The third-order valence-electron chi connectivity index (χ3n) is 7.18. The highest BCUT2D eigenvalue weighted by molar-refractivity contribution is 7.85. The summed E-state index contributed by atoms with van der Waals surface area (Å²) in [6.45, 7) is 4.10. The van der Waals surface area contributed by atoms with Gasteiger partial charge in [-0.25, -0.2) is 0 Å². The van der Waals surface area contributed by atoms with Crippen LogP contribution in [0.1, 0.15) is 59.1 Å². The maximum absolute atomic E-state index is 13.4. The summed E-state index contributed by atoms with van der Waals surface area (Å²) in [4.78, 5) is 14.8. The Labute approximate surface area is 224 Å². The fourth-order valence-electron chi connectivity index (χ4n) is 4.95. The van der Waals surface area contributed by atoms with Crippen LogP contribution in [0.3, 0.4) is 0 Å². The predicted molar refractivity (Wildman–Crippen MR) is 134 cm³/mol. The van der Waals surface area contributed by atoms with Crippen molar-refractivity contribution >= 4 is 16.0 Å². The highest BCUT2D eigenvalue weighted by Gasteiger charge is 2.39. The van der Waals surface area contributed by atoms with Crippen molar-refractivity contribution in [3.8, 4) is 0 Å². The highest BCUT2D eigenvalue weighted by atomic mass is 32.2. The molecule has 0 saturated carbocycles. The van der Waals surface area contributed by atoms with Crippen LogP contribution in [0, 0.1) is 13.8 Å². The third kappa shape index (κ3) is 8.20. The molecule has 0 aliphatic carbocycles. The second-order valence-corrected chi connectivity index (χ2v) is 11.9. The molecule has 0 radical (unpaired) electrons. The zero-order valence-corrected chi connectivity index (χ0v) is 22.7. The molecule has 2 aromatic rings. The van der Waals surface area contributed by atoms with Crippen molar-refractivity contribution in [1.29, 1.82) is 0 Å². The Morgan fingerprint density at radius 2 is 1.56 bits per heavy atom. The number of benzene rings is 2. The normalized spacial score (nSPS) is 19.2. The smallest absolute Gasteiger partial charge is 0.342 e. The molecule has 1 saturated heterocycles. The van der Waals surface area contributed by atoms with Gasteiger partial charge in [-0.2, -0.15) is 34.8 Å². The maximum Gasteiger partial charge on any atom is 0.416 e. The first-order valence-corrected chi connectivity index (χ1v) is 14.2. The summed E-state index contributed by atoms with van der Waals surface area (Å²) in [7, 11) is -3.73. The van der Waals surface area contributed by atoms with E-state index in [9.17, 15) is 39.6 Å². The highest BCUT2D eigenvalue weighted by Crippen LogP contribution is 2.39. The van der Waals surface area contributed by atoms with Crippen LogP contribution in [0.15, 0.2) is 36.4 Å². The fourth-order valence-corrected chi connectivity index (χ4v) is 5.34. The molecular formula is C27H31F6NO4S. The molecule has 0 aromatic heterocycles. The third-order valence-corrected chi connectivity index (χ3v) is 7.77. The Morgan fingerprint density at radius 3 is 2.10 bits per heavy atom. The second kappa shape index (κ2) is 11.5. The lowest BCUT2D eigenvalue weighted by Gasteiger charge is -2.37. The molecule has 0 bridgehead atoms. The van der Waals surface area contributed by atoms with Crippen LogP contribution in [-0.2, 0) is 43.3 Å². The predicted octanol–water partition coefficient (Wildman–Crippen LogP) is 6.20. The SMILES string of the molecule is Cc1ccc([C@@]2(CCOS(C)(=O)=O)CCCCN(C(=O)Cc3cc(C(F)(F)F)cc(C(F)(F)F)c3)C2)cc1C. The van der Waals surface area contributed by atoms with Crippen LogP contribution in [0.25, 0.3) is 0 Å². The lowest BCUT2D eigenvalue weighted by atomic mass is 9.73. The largest absolute Gasteiger partial charge is 0.416 e. The number of nitrogens with zero attached hydrogens (tertiary/aromatic N) is 1. The van der Waals surface area contributed by atoms with Crippen LogP contribution >= 0.6 is 0 Å². The molecule has 39 heavy (non-hydrogen) atoms. The molecule has 5 nitrogen and oxygen atoms in total. The van der Waals surface area contributed by atoms with Crippen LogP contribution in [0.2, 0.25) is 0 Å². The maximum atomic E-state index is 13.4. The molecule has 1 aliphatic rings. The zero-order chi connectivity index (χ0) is 29.2. The van der Waals surface area contributed by atoms with Crippen LogP contribution in [0.4, 0.5) is 26.3 Å². The van der Waals surface area contributed by atoms with E-state index in [1.165, 1.54) is 4.90 Å². The zero-order valence-electron chi connectivity index (χ0n) is 21.9. The molecule has 0 N–H and O–H groups in total. The minimum Gasteiger partial charge on any atom is -0.342 e. The summed E-state index contributed by atoms with van der Waals surface area (Å²) in [5.41, 5.74) is -1.17. The van der Waals surface area contributed by atoms with Gasteiger partial charge in [0, 0.05) is 18.5 Å². The molecule has 0 spiro atoms. The number of likely N-dealkylation sites (tertiary alicyclic amines) is 1. The topological polar surface area (TPSA) is 63.7 Å². The van der Waals surface area contributed by atoms with Gasteiger partial charge in [-0.1, -0.05) is 24.6 Å². The quantitative estimate of drug-likeness (QED) is 0.290. The minimum atomic E-state index is -5.01. The number of hydrogen-bond acceptors (Lipinski definition) is 4. The van der Waals surface area contributed by atoms with E-state index in [1.54, 1.807) is 0 Å². The van der Waals surface area contributed by atoms with Gasteiger partial charge < -0.3 is 4.90 Å². The van der Waals surface area contributed by atoms with Gasteiger partial charge in [-0.05, 0) is 73.6 Å². The minimum absolute atomic E-state index is 0.0342. The van der Waals surface area contributed by atoms with Gasteiger partial charge in [-0.3, -0.25) is 8.98 Å². The molecule has 1 fully saturated rings. The van der Waals surface area contributed by atoms with Crippen molar-refractivity contribution in [3.05, 3.63) is 69.8 Å². The van der Waals surface area contributed by atoms with Crippen molar-refractivity contribution in [2.24, 2.45) is 0 Å². The van der Waals surface area contributed by atoms with E-state index in [0.717, 1.165) is 22.9 Å². The van der Waals surface area contributed by atoms with Crippen molar-refractivity contribution in [1.82, 2.24) is 4.90 Å². The van der Waals surface area contributed by atoms with E-state index in [2.05, 4.69) is 0 Å². The Bertz CT molecular complexity index is 1270. The molecule has 2 aromatic carbocycles. The van der Waals surface area contributed by atoms with Gasteiger partial charge in [0.25, 0.3) is 10.1 Å². The van der Waals surface area contributed by atoms with Crippen molar-refractivity contribution in [2.75, 3.05) is 26.0 Å². The lowest BCUT2D eigenvalue weighted by Crippen LogP contribution is -2.44. The molecule has 12 heteroatoms. The Hall–Kier alpha value is -2.60. The van der Waals surface area contributed by atoms with Gasteiger partial charge in [0.1, 0.15) is 0 Å². The van der Waals surface area contributed by atoms with Crippen molar-refractivity contribution in [3.63, 3.8) is 0 Å². The fraction of sp³-hybridized carbons (Fsp3) is 0.519. The molecule has 1 aliphatic heterocycles. The number of rotatable bonds is 7. The molecule has 3 rings (SSSR count). The lowest BCUT2D eigenvalue weighted by molar-refractivity contribution is -0.143. The van der Waals surface area contributed by atoms with Gasteiger partial charge >= 0.3 is 12.4 Å². The van der Waals surface area contributed by atoms with E-state index in [-0.39, 0.29) is 37.7 Å². The van der Waals surface area contributed by atoms with Gasteiger partial charge in [-0.15, -0.1) is 0 Å². The summed E-state index contributed by atoms with van der Waals surface area (Å²) in [6.07, 6.45) is -7.65. The van der Waals surface area contributed by atoms with Crippen LogP contribution in [0.5, 0.6) is 0 Å². The van der Waals surface area contributed by atoms with E-state index >= 15 is 0 Å². The summed E-state index contributed by atoms with van der Waals surface area (Å²) < 4.78 is 108. The number of amides is 1. The standard InChI is InChI=1S/C27H31F6NO4S/c1-18-6-7-21(12-19(18)2)25(9-11-38-39(3,36)37)8-4-5-10-34(17-25)24(35)15-20-13-22(26(28,29)30)16-23(14-20)27(31,32)33/h6-7,12-14,16H,4-5,8-11,15,17H2,1-3H3/t25-/m1/s1. The summed E-state index contributed by atoms with van der Waals surface area (Å²) in [6, 6.07) is 6.96. The monoisotopic (exact) mass is 579 g/mol. The molecule has 0 unspecified atom stereocenters. The van der Waals surface area contributed by atoms with E-state index in [4.69, 9.17) is 4.18 Å². The number of hydrogen-bond donors (Lipinski definition) is 0. The summed E-state index contributed by atoms with van der Waals surface area (Å²) >= 11 is 0. The van der Waals surface area contributed by atoms with Crippen LogP contribution < -0.4 is 0 Å². The molecule has 1 atom stereocenters. The summed E-state index contributed by atoms with van der Waals surface area (Å²) in [5, 5.41) is 0. The van der Waals surface area contributed by atoms with Crippen molar-refractivity contribution in [2.45, 2.75) is 63.7 Å². The molecule has 1 heterocycles. The average Bonchev–Trinajstić information content (AvgIpc) is 3.02. The Kier molecular flexibility index (Phi) is 9.11. The number of carbonyl (C=O) groups is 1. The van der Waals surface area contributed by atoms with Crippen LogP contribution in [-0.4, -0.2) is 45.2 Å². The first-order chi connectivity index (χ1) is 17.9. The number of aryl methyl sites for hydroxylation is 2.